The zero-order valence-corrected chi connectivity index (χ0v) is 15.9. The van der Waals surface area contributed by atoms with Crippen molar-refractivity contribution in [2.24, 2.45) is 0 Å². The van der Waals surface area contributed by atoms with Crippen LogP contribution >= 0.6 is 0 Å². The lowest BCUT2D eigenvalue weighted by molar-refractivity contribution is 0.478. The highest BCUT2D eigenvalue weighted by molar-refractivity contribution is 5.72. The Morgan fingerprint density at radius 1 is 0.962 bits per heavy atom. The summed E-state index contributed by atoms with van der Waals surface area (Å²) >= 11 is 0. The standard InChI is InChI=1S/C12H15N.C10H11NO2/c1-9(2)13-10(3)8-11-6-4-5-7-12(11)13;1-7(2)11-8-5-3-4-6-9(8)13-10(11)12/h4-7,9H,3,8H2,1-2H3;3-7H,1-2H3. The van der Waals surface area contributed by atoms with Gasteiger partial charge in [0.05, 0.1) is 5.52 Å². The molecule has 3 aromatic rings. The maximum Gasteiger partial charge on any atom is 0.420 e. The molecule has 4 rings (SSSR count). The number of hydrogen-bond donors (Lipinski definition) is 0. The van der Waals surface area contributed by atoms with Gasteiger partial charge < -0.3 is 9.32 Å². The molecule has 0 saturated carbocycles. The third-order valence-electron chi connectivity index (χ3n) is 4.54. The van der Waals surface area contributed by atoms with E-state index < -0.39 is 0 Å². The topological polar surface area (TPSA) is 38.4 Å². The second-order valence-corrected chi connectivity index (χ2v) is 7.13. The number of para-hydroxylation sites is 3. The van der Waals surface area contributed by atoms with Crippen LogP contribution in [0.25, 0.3) is 11.1 Å². The van der Waals surface area contributed by atoms with Crippen LogP contribution in [-0.4, -0.2) is 10.6 Å². The highest BCUT2D eigenvalue weighted by atomic mass is 16.4. The van der Waals surface area contributed by atoms with Gasteiger partial charge in [-0.1, -0.05) is 36.9 Å². The average Bonchev–Trinajstić information content (AvgIpc) is 3.10. The number of anilines is 1. The van der Waals surface area contributed by atoms with Gasteiger partial charge in [0, 0.05) is 29.9 Å². The summed E-state index contributed by atoms with van der Waals surface area (Å²) < 4.78 is 6.72. The SMILES string of the molecule is C=C1Cc2ccccc2N1C(C)C.CC(C)n1c(=O)oc2ccccc21. The second kappa shape index (κ2) is 7.24. The number of hydrogen-bond acceptors (Lipinski definition) is 3. The molecule has 0 unspecified atom stereocenters. The van der Waals surface area contributed by atoms with Crippen LogP contribution in [0.1, 0.15) is 39.3 Å². The Morgan fingerprint density at radius 2 is 1.62 bits per heavy atom. The largest absolute Gasteiger partial charge is 0.420 e. The molecule has 0 atom stereocenters. The smallest absolute Gasteiger partial charge is 0.408 e. The summed E-state index contributed by atoms with van der Waals surface area (Å²) in [7, 11) is 0. The van der Waals surface area contributed by atoms with Gasteiger partial charge in [0.15, 0.2) is 5.58 Å². The molecule has 1 aromatic heterocycles. The van der Waals surface area contributed by atoms with Crippen molar-refractivity contribution < 1.29 is 4.42 Å². The van der Waals surface area contributed by atoms with Gasteiger partial charge >= 0.3 is 5.76 Å². The summed E-state index contributed by atoms with van der Waals surface area (Å²) in [6, 6.07) is 16.6. The molecule has 0 spiro atoms. The fourth-order valence-electron chi connectivity index (χ4n) is 3.49. The van der Waals surface area contributed by atoms with Gasteiger partial charge in [-0.15, -0.1) is 0 Å². The van der Waals surface area contributed by atoms with E-state index in [4.69, 9.17) is 4.42 Å². The average molecular weight is 350 g/mol. The van der Waals surface area contributed by atoms with Gasteiger partial charge in [-0.05, 0) is 51.5 Å². The van der Waals surface area contributed by atoms with E-state index in [1.54, 1.807) is 10.6 Å². The third-order valence-corrected chi connectivity index (χ3v) is 4.54. The highest BCUT2D eigenvalue weighted by Crippen LogP contribution is 2.34. The monoisotopic (exact) mass is 350 g/mol. The lowest BCUT2D eigenvalue weighted by atomic mass is 10.1. The Kier molecular flexibility index (Phi) is 5.03. The number of fused-ring (bicyclic) bond motifs is 2. The molecule has 0 fully saturated rings. The van der Waals surface area contributed by atoms with Crippen LogP contribution in [0.4, 0.5) is 5.69 Å². The van der Waals surface area contributed by atoms with E-state index in [2.05, 4.69) is 49.6 Å². The molecule has 26 heavy (non-hydrogen) atoms. The maximum absolute atomic E-state index is 11.4. The van der Waals surface area contributed by atoms with Crippen LogP contribution in [0, 0.1) is 0 Å². The van der Waals surface area contributed by atoms with Crippen molar-refractivity contribution in [2.75, 3.05) is 4.90 Å². The molecule has 2 aromatic carbocycles. The van der Waals surface area contributed by atoms with Crippen molar-refractivity contribution in [3.8, 4) is 0 Å². The van der Waals surface area contributed by atoms with E-state index in [0.717, 1.165) is 11.9 Å². The minimum atomic E-state index is -0.281. The van der Waals surface area contributed by atoms with Crippen molar-refractivity contribution in [1.82, 2.24) is 4.57 Å². The summed E-state index contributed by atoms with van der Waals surface area (Å²) in [5, 5.41) is 0. The lowest BCUT2D eigenvalue weighted by Crippen LogP contribution is -2.26. The normalized spacial score (nSPS) is 13.3. The molecular formula is C22H26N2O2. The fourth-order valence-corrected chi connectivity index (χ4v) is 3.49. The minimum Gasteiger partial charge on any atom is -0.408 e. The second-order valence-electron chi connectivity index (χ2n) is 7.13. The van der Waals surface area contributed by atoms with Crippen molar-refractivity contribution in [3.63, 3.8) is 0 Å². The minimum absolute atomic E-state index is 0.135. The third kappa shape index (κ3) is 3.32. The number of allylic oxidation sites excluding steroid dienone is 1. The van der Waals surface area contributed by atoms with Crippen molar-refractivity contribution in [2.45, 2.75) is 46.2 Å². The molecule has 1 aliphatic heterocycles. The number of nitrogens with zero attached hydrogens (tertiary/aromatic N) is 2. The predicted octanol–water partition coefficient (Wildman–Crippen LogP) is 5.15. The maximum atomic E-state index is 11.4. The van der Waals surface area contributed by atoms with Crippen LogP contribution in [-0.2, 0) is 6.42 Å². The lowest BCUT2D eigenvalue weighted by Gasteiger charge is -2.25. The molecule has 0 N–H and O–H groups in total. The van der Waals surface area contributed by atoms with Gasteiger partial charge in [-0.3, -0.25) is 4.57 Å². The Morgan fingerprint density at radius 3 is 2.31 bits per heavy atom. The Bertz CT molecular complexity index is 979. The molecular weight excluding hydrogens is 324 g/mol. The molecule has 136 valence electrons. The number of benzene rings is 2. The van der Waals surface area contributed by atoms with E-state index in [9.17, 15) is 4.79 Å². The molecule has 4 heteroatoms. The van der Waals surface area contributed by atoms with Gasteiger partial charge in [-0.2, -0.15) is 0 Å². The van der Waals surface area contributed by atoms with E-state index in [0.29, 0.717) is 11.6 Å². The predicted molar refractivity (Wildman–Crippen MR) is 108 cm³/mol. The summed E-state index contributed by atoms with van der Waals surface area (Å²) in [6.07, 6.45) is 1.01. The van der Waals surface area contributed by atoms with Gasteiger partial charge in [0.1, 0.15) is 0 Å². The van der Waals surface area contributed by atoms with Gasteiger partial charge in [-0.25, -0.2) is 4.79 Å². The van der Waals surface area contributed by atoms with Gasteiger partial charge in [0.2, 0.25) is 0 Å². The summed E-state index contributed by atoms with van der Waals surface area (Å²) in [5.41, 5.74) is 5.48. The molecule has 0 amide bonds. The van der Waals surface area contributed by atoms with Crippen LogP contribution in [0.2, 0.25) is 0 Å². The zero-order valence-electron chi connectivity index (χ0n) is 15.9. The van der Waals surface area contributed by atoms with E-state index in [-0.39, 0.29) is 11.8 Å². The van der Waals surface area contributed by atoms with E-state index in [1.165, 1.54) is 16.9 Å². The van der Waals surface area contributed by atoms with Crippen molar-refractivity contribution in [3.05, 3.63) is 76.9 Å². The summed E-state index contributed by atoms with van der Waals surface area (Å²) in [5.74, 6) is -0.281. The Balaban J connectivity index is 0.000000151. The quantitative estimate of drug-likeness (QED) is 0.642. The van der Waals surface area contributed by atoms with E-state index in [1.807, 2.05) is 32.0 Å². The Labute approximate surface area is 154 Å². The molecule has 2 heterocycles. The molecule has 0 bridgehead atoms. The van der Waals surface area contributed by atoms with Crippen molar-refractivity contribution >= 4 is 16.8 Å². The van der Waals surface area contributed by atoms with Crippen LogP contribution in [0.15, 0.2) is 70.0 Å². The molecule has 1 aliphatic rings. The molecule has 0 radical (unpaired) electrons. The van der Waals surface area contributed by atoms with Crippen LogP contribution in [0.5, 0.6) is 0 Å². The van der Waals surface area contributed by atoms with E-state index >= 15 is 0 Å². The first kappa shape index (κ1) is 18.1. The first-order chi connectivity index (χ1) is 12.4. The highest BCUT2D eigenvalue weighted by Gasteiger charge is 2.23. The fraction of sp³-hybridized carbons (Fsp3) is 0.318. The van der Waals surface area contributed by atoms with Crippen LogP contribution < -0.4 is 10.7 Å². The molecule has 0 aliphatic carbocycles. The molecule has 0 saturated heterocycles. The number of aromatic nitrogens is 1. The first-order valence-corrected chi connectivity index (χ1v) is 9.05. The number of rotatable bonds is 2. The van der Waals surface area contributed by atoms with Crippen LogP contribution in [0.3, 0.4) is 0 Å². The van der Waals surface area contributed by atoms with Crippen molar-refractivity contribution in [1.29, 1.82) is 0 Å². The zero-order chi connectivity index (χ0) is 18.8. The summed E-state index contributed by atoms with van der Waals surface area (Å²) in [4.78, 5) is 13.7. The molecule has 4 nitrogen and oxygen atoms in total. The number of oxazole rings is 1. The first-order valence-electron chi connectivity index (χ1n) is 9.05. The van der Waals surface area contributed by atoms with Gasteiger partial charge in [0.25, 0.3) is 0 Å². The Hall–Kier alpha value is -2.75. The summed E-state index contributed by atoms with van der Waals surface area (Å²) in [6.45, 7) is 12.4.